The van der Waals surface area contributed by atoms with E-state index < -0.39 is 22.9 Å². The third kappa shape index (κ3) is 4.86. The van der Waals surface area contributed by atoms with Gasteiger partial charge in [0.1, 0.15) is 5.75 Å². The molecule has 0 amide bonds. The van der Waals surface area contributed by atoms with Crippen molar-refractivity contribution >= 4 is 0 Å². The molecule has 0 fully saturated rings. The van der Waals surface area contributed by atoms with Gasteiger partial charge in [0.05, 0.1) is 5.41 Å². The van der Waals surface area contributed by atoms with Crippen molar-refractivity contribution in [2.45, 2.75) is 38.0 Å². The van der Waals surface area contributed by atoms with Gasteiger partial charge >= 0.3 is 0 Å². The van der Waals surface area contributed by atoms with Gasteiger partial charge in [-0.2, -0.15) is 0 Å². The number of halogens is 3. The average Bonchev–Trinajstić information content (AvgIpc) is 2.76. The van der Waals surface area contributed by atoms with E-state index in [4.69, 9.17) is 11.2 Å². The summed E-state index contributed by atoms with van der Waals surface area (Å²) in [4.78, 5) is 0. The fourth-order valence-corrected chi connectivity index (χ4v) is 3.57. The van der Waals surface area contributed by atoms with Gasteiger partial charge in [-0.3, -0.25) is 0 Å². The van der Waals surface area contributed by atoms with Gasteiger partial charge in [-0.15, -0.1) is 6.42 Å². The minimum absolute atomic E-state index is 0.165. The maximum Gasteiger partial charge on any atom is 0.165 e. The number of benzene rings is 3. The maximum atomic E-state index is 14.1. The first-order valence-corrected chi connectivity index (χ1v) is 9.92. The minimum atomic E-state index is -0.901. The summed E-state index contributed by atoms with van der Waals surface area (Å²) in [6.45, 7) is 1.94. The molecule has 0 N–H and O–H groups in total. The van der Waals surface area contributed by atoms with Crippen LogP contribution >= 0.6 is 0 Å². The van der Waals surface area contributed by atoms with Gasteiger partial charge in [-0.1, -0.05) is 43.2 Å². The van der Waals surface area contributed by atoms with Gasteiger partial charge in [-0.05, 0) is 73.2 Å². The monoisotopic (exact) mass is 408 g/mol. The van der Waals surface area contributed by atoms with Gasteiger partial charge < -0.3 is 4.74 Å². The molecule has 0 aliphatic rings. The Bertz CT molecular complexity index is 1040. The number of rotatable bonds is 8. The molecule has 3 rings (SSSR count). The number of hydrogen-bond donors (Lipinski definition) is 0. The fourth-order valence-electron chi connectivity index (χ4n) is 3.57. The minimum Gasteiger partial charge on any atom is -0.454 e. The zero-order valence-corrected chi connectivity index (χ0v) is 16.8. The molecular weight excluding hydrogens is 385 g/mol. The van der Waals surface area contributed by atoms with Crippen LogP contribution in [0.25, 0.3) is 0 Å². The summed E-state index contributed by atoms with van der Waals surface area (Å²) in [5, 5.41) is 0. The molecule has 0 aliphatic heterocycles. The molecule has 0 aromatic heterocycles. The average molecular weight is 408 g/mol. The lowest BCUT2D eigenvalue weighted by Gasteiger charge is -2.28. The molecule has 3 aromatic carbocycles. The maximum absolute atomic E-state index is 14.1. The number of ether oxygens (including phenoxy) is 1. The van der Waals surface area contributed by atoms with Gasteiger partial charge in [0.2, 0.25) is 0 Å². The molecule has 4 heteroatoms. The summed E-state index contributed by atoms with van der Waals surface area (Å²) in [6.07, 6.45) is 8.36. The summed E-state index contributed by atoms with van der Waals surface area (Å²) in [6, 6.07) is 17.6. The Labute approximate surface area is 175 Å². The predicted molar refractivity (Wildman–Crippen MR) is 113 cm³/mol. The van der Waals surface area contributed by atoms with E-state index in [1.165, 1.54) is 12.1 Å². The highest BCUT2D eigenvalue weighted by Crippen LogP contribution is 2.34. The highest BCUT2D eigenvalue weighted by molar-refractivity contribution is 5.37. The Morgan fingerprint density at radius 3 is 2.30 bits per heavy atom. The first-order valence-electron chi connectivity index (χ1n) is 9.92. The number of para-hydroxylation sites is 1. The summed E-state index contributed by atoms with van der Waals surface area (Å²) in [7, 11) is 0. The molecule has 0 saturated heterocycles. The number of terminal acetylenes is 1. The normalized spacial score (nSPS) is 12.8. The van der Waals surface area contributed by atoms with Gasteiger partial charge in [0, 0.05) is 0 Å². The van der Waals surface area contributed by atoms with Gasteiger partial charge in [-0.25, -0.2) is 13.2 Å². The molecule has 30 heavy (non-hydrogen) atoms. The van der Waals surface area contributed by atoms with Crippen molar-refractivity contribution in [3.8, 4) is 23.8 Å². The molecule has 0 aliphatic carbocycles. The van der Waals surface area contributed by atoms with Crippen molar-refractivity contribution in [1.29, 1.82) is 0 Å². The second-order valence-corrected chi connectivity index (χ2v) is 7.24. The molecule has 1 unspecified atom stereocenters. The first-order chi connectivity index (χ1) is 14.5. The molecule has 0 spiro atoms. The Hall–Kier alpha value is -3.19. The van der Waals surface area contributed by atoms with Crippen LogP contribution in [0.1, 0.15) is 37.3 Å². The van der Waals surface area contributed by atoms with Crippen LogP contribution in [0.5, 0.6) is 11.5 Å². The Kier molecular flexibility index (Phi) is 6.84. The van der Waals surface area contributed by atoms with E-state index in [0.717, 1.165) is 11.6 Å². The fraction of sp³-hybridized carbons (Fsp3) is 0.231. The van der Waals surface area contributed by atoms with Gasteiger partial charge in [0.25, 0.3) is 0 Å². The molecule has 1 atom stereocenters. The molecule has 3 aromatic rings. The Morgan fingerprint density at radius 2 is 1.63 bits per heavy atom. The largest absolute Gasteiger partial charge is 0.454 e. The van der Waals surface area contributed by atoms with E-state index in [9.17, 15) is 13.2 Å². The Morgan fingerprint density at radius 1 is 0.900 bits per heavy atom. The van der Waals surface area contributed by atoms with Crippen molar-refractivity contribution in [2.75, 3.05) is 0 Å². The SMILES string of the molecule is C#CC(CC)(CCCc1ccc(F)c(Oc2ccccc2)c1)c1ccc(F)c(F)c1. The Balaban J connectivity index is 1.72. The van der Waals surface area contributed by atoms with Crippen molar-refractivity contribution in [1.82, 2.24) is 0 Å². The van der Waals surface area contributed by atoms with Crippen molar-refractivity contribution < 1.29 is 17.9 Å². The van der Waals surface area contributed by atoms with Gasteiger partial charge in [0.15, 0.2) is 23.2 Å². The second-order valence-electron chi connectivity index (χ2n) is 7.24. The van der Waals surface area contributed by atoms with Crippen LogP contribution in [0.15, 0.2) is 66.7 Å². The smallest absolute Gasteiger partial charge is 0.165 e. The third-order valence-electron chi connectivity index (χ3n) is 5.39. The van der Waals surface area contributed by atoms with Crippen LogP contribution in [-0.4, -0.2) is 0 Å². The van der Waals surface area contributed by atoms with E-state index in [-0.39, 0.29) is 5.75 Å². The first kappa shape index (κ1) is 21.5. The zero-order chi connectivity index (χ0) is 21.6. The third-order valence-corrected chi connectivity index (χ3v) is 5.39. The van der Waals surface area contributed by atoms with Crippen LogP contribution < -0.4 is 4.74 Å². The highest BCUT2D eigenvalue weighted by Gasteiger charge is 2.28. The van der Waals surface area contributed by atoms with E-state index in [1.54, 1.807) is 30.3 Å². The molecule has 0 radical (unpaired) electrons. The molecule has 1 nitrogen and oxygen atoms in total. The lowest BCUT2D eigenvalue weighted by Crippen LogP contribution is -2.23. The van der Waals surface area contributed by atoms with E-state index in [1.807, 2.05) is 25.1 Å². The summed E-state index contributed by atoms with van der Waals surface area (Å²) < 4.78 is 46.9. The molecule has 0 saturated carbocycles. The lowest BCUT2D eigenvalue weighted by atomic mass is 9.74. The zero-order valence-electron chi connectivity index (χ0n) is 16.8. The van der Waals surface area contributed by atoms with Crippen LogP contribution in [-0.2, 0) is 11.8 Å². The van der Waals surface area contributed by atoms with Crippen molar-refractivity contribution in [3.05, 3.63) is 95.3 Å². The predicted octanol–water partition coefficient (Wildman–Crippen LogP) is 7.20. The molecular formula is C26H23F3O. The molecule has 154 valence electrons. The standard InChI is InChI=1S/C26H23F3O/c1-3-26(4-2,20-13-15-22(27)24(29)18-20)16-8-9-19-12-14-23(28)25(17-19)30-21-10-6-5-7-11-21/h1,5-7,10-15,17-18H,4,8-9,16H2,2H3. The highest BCUT2D eigenvalue weighted by atomic mass is 19.2. The molecule has 0 heterocycles. The van der Waals surface area contributed by atoms with Crippen LogP contribution in [0, 0.1) is 29.8 Å². The number of hydrogen-bond acceptors (Lipinski definition) is 1. The summed E-state index contributed by atoms with van der Waals surface area (Å²) in [5.41, 5.74) is 0.825. The lowest BCUT2D eigenvalue weighted by molar-refractivity contribution is 0.440. The van der Waals surface area contributed by atoms with Crippen LogP contribution in [0.2, 0.25) is 0 Å². The van der Waals surface area contributed by atoms with E-state index in [0.29, 0.717) is 37.0 Å². The topological polar surface area (TPSA) is 9.23 Å². The van der Waals surface area contributed by atoms with E-state index >= 15 is 0 Å². The summed E-state index contributed by atoms with van der Waals surface area (Å²) in [5.74, 6) is 1.29. The van der Waals surface area contributed by atoms with Crippen LogP contribution in [0.4, 0.5) is 13.2 Å². The van der Waals surface area contributed by atoms with E-state index in [2.05, 4.69) is 5.92 Å². The van der Waals surface area contributed by atoms with Crippen molar-refractivity contribution in [2.24, 2.45) is 0 Å². The quantitative estimate of drug-likeness (QED) is 0.358. The number of aryl methyl sites for hydroxylation is 1. The second kappa shape index (κ2) is 9.54. The molecule has 0 bridgehead atoms. The van der Waals surface area contributed by atoms with Crippen molar-refractivity contribution in [3.63, 3.8) is 0 Å². The summed E-state index contributed by atoms with van der Waals surface area (Å²) >= 11 is 0. The van der Waals surface area contributed by atoms with Crippen LogP contribution in [0.3, 0.4) is 0 Å².